The molecule has 0 unspecified atom stereocenters. The van der Waals surface area contributed by atoms with Crippen molar-refractivity contribution in [3.8, 4) is 0 Å². The lowest BCUT2D eigenvalue weighted by Crippen LogP contribution is -2.31. The number of nitrogens with one attached hydrogen (secondary N) is 2. The number of fused-ring (bicyclic) bond motifs is 1. The van der Waals surface area contributed by atoms with Crippen LogP contribution in [-0.4, -0.2) is 24.6 Å². The van der Waals surface area contributed by atoms with Gasteiger partial charge in [-0.3, -0.25) is 0 Å². The minimum atomic E-state index is 0.762. The lowest BCUT2D eigenvalue weighted by Gasteiger charge is -2.22. The molecule has 1 aliphatic rings. The van der Waals surface area contributed by atoms with Gasteiger partial charge in [0.15, 0.2) is 5.13 Å². The van der Waals surface area contributed by atoms with Crippen LogP contribution in [0.5, 0.6) is 0 Å². The number of nitrogens with zero attached hydrogens (tertiary/aromatic N) is 1. The van der Waals surface area contributed by atoms with Crippen molar-refractivity contribution in [2.75, 3.05) is 25.0 Å². The molecule has 3 nitrogen and oxygen atoms in total. The third kappa shape index (κ3) is 3.02. The van der Waals surface area contributed by atoms with Gasteiger partial charge in [-0.2, -0.15) is 0 Å². The molecule has 1 aromatic heterocycles. The summed E-state index contributed by atoms with van der Waals surface area (Å²) in [5.74, 6) is 0.762. The predicted octanol–water partition coefficient (Wildman–Crippen LogP) is 3.67. The van der Waals surface area contributed by atoms with Crippen LogP contribution in [0.4, 0.5) is 5.13 Å². The van der Waals surface area contributed by atoms with E-state index in [9.17, 15) is 0 Å². The van der Waals surface area contributed by atoms with Crippen LogP contribution in [0.25, 0.3) is 10.2 Å². The number of aryl methyl sites for hydroxylation is 1. The second-order valence-corrected chi connectivity index (χ2v) is 6.63. The van der Waals surface area contributed by atoms with Crippen LogP contribution in [0, 0.1) is 12.8 Å². The largest absolute Gasteiger partial charge is 0.361 e. The van der Waals surface area contributed by atoms with Crippen molar-refractivity contribution < 1.29 is 0 Å². The molecule has 0 saturated carbocycles. The SMILES string of the molecule is Cc1cc(Cl)cc2sc(NCC3CCNCC3)nc12. The van der Waals surface area contributed by atoms with Gasteiger partial charge in [0.05, 0.1) is 10.2 Å². The molecular formula is C14H18ClN3S. The van der Waals surface area contributed by atoms with Gasteiger partial charge in [-0.15, -0.1) is 0 Å². The molecule has 102 valence electrons. The molecule has 1 aromatic carbocycles. The monoisotopic (exact) mass is 295 g/mol. The van der Waals surface area contributed by atoms with Crippen LogP contribution in [-0.2, 0) is 0 Å². The summed E-state index contributed by atoms with van der Waals surface area (Å²) in [5, 5.41) is 8.68. The molecule has 1 fully saturated rings. The van der Waals surface area contributed by atoms with Crippen molar-refractivity contribution >= 4 is 38.3 Å². The maximum atomic E-state index is 6.08. The summed E-state index contributed by atoms with van der Waals surface area (Å²) >= 11 is 7.78. The first-order valence-corrected chi connectivity index (χ1v) is 7.93. The van der Waals surface area contributed by atoms with Crippen molar-refractivity contribution in [1.82, 2.24) is 10.3 Å². The topological polar surface area (TPSA) is 37.0 Å². The fourth-order valence-corrected chi connectivity index (χ4v) is 3.87. The van der Waals surface area contributed by atoms with Crippen molar-refractivity contribution in [3.05, 3.63) is 22.7 Å². The summed E-state index contributed by atoms with van der Waals surface area (Å²) in [4.78, 5) is 4.67. The normalized spacial score (nSPS) is 16.9. The average Bonchev–Trinajstić information content (AvgIpc) is 2.81. The van der Waals surface area contributed by atoms with E-state index < -0.39 is 0 Å². The zero-order valence-corrected chi connectivity index (χ0v) is 12.6. The number of piperidine rings is 1. The summed E-state index contributed by atoms with van der Waals surface area (Å²) in [7, 11) is 0. The molecule has 0 spiro atoms. The lowest BCUT2D eigenvalue weighted by atomic mass is 9.98. The summed E-state index contributed by atoms with van der Waals surface area (Å²) in [6.45, 7) is 5.36. The molecule has 1 aliphatic heterocycles. The van der Waals surface area contributed by atoms with E-state index in [0.29, 0.717) is 0 Å². The van der Waals surface area contributed by atoms with Crippen molar-refractivity contribution in [1.29, 1.82) is 0 Å². The molecule has 5 heteroatoms. The molecule has 0 radical (unpaired) electrons. The Kier molecular flexibility index (Phi) is 3.91. The molecular weight excluding hydrogens is 278 g/mol. The number of aromatic nitrogens is 1. The van der Waals surface area contributed by atoms with Crippen LogP contribution in [0.15, 0.2) is 12.1 Å². The quantitative estimate of drug-likeness (QED) is 0.907. The zero-order valence-electron chi connectivity index (χ0n) is 11.0. The van der Waals surface area contributed by atoms with Gasteiger partial charge in [0.2, 0.25) is 0 Å². The average molecular weight is 296 g/mol. The Morgan fingerprint density at radius 3 is 3.00 bits per heavy atom. The molecule has 0 aliphatic carbocycles. The Bertz CT molecular complexity index is 575. The second kappa shape index (κ2) is 5.65. The molecule has 19 heavy (non-hydrogen) atoms. The highest BCUT2D eigenvalue weighted by Crippen LogP contribution is 2.31. The van der Waals surface area contributed by atoms with Gasteiger partial charge in [0.1, 0.15) is 0 Å². The van der Waals surface area contributed by atoms with Crippen LogP contribution in [0.3, 0.4) is 0 Å². The highest BCUT2D eigenvalue weighted by atomic mass is 35.5. The van der Waals surface area contributed by atoms with E-state index in [0.717, 1.165) is 51.5 Å². The smallest absolute Gasteiger partial charge is 0.183 e. The van der Waals surface area contributed by atoms with Crippen molar-refractivity contribution in [2.45, 2.75) is 19.8 Å². The molecule has 0 amide bonds. The maximum Gasteiger partial charge on any atom is 0.183 e. The van der Waals surface area contributed by atoms with Crippen molar-refractivity contribution in [2.24, 2.45) is 5.92 Å². The number of thiazole rings is 1. The minimum Gasteiger partial charge on any atom is -0.361 e. The second-order valence-electron chi connectivity index (χ2n) is 5.16. The van der Waals surface area contributed by atoms with Gasteiger partial charge in [-0.25, -0.2) is 4.98 Å². The van der Waals surface area contributed by atoms with Gasteiger partial charge in [0, 0.05) is 11.6 Å². The van der Waals surface area contributed by atoms with Crippen LogP contribution in [0.1, 0.15) is 18.4 Å². The Labute approximate surface area is 122 Å². The fraction of sp³-hybridized carbons (Fsp3) is 0.500. The summed E-state index contributed by atoms with van der Waals surface area (Å²) in [6, 6.07) is 3.97. The Morgan fingerprint density at radius 1 is 1.42 bits per heavy atom. The third-order valence-electron chi connectivity index (χ3n) is 3.65. The van der Waals surface area contributed by atoms with E-state index in [4.69, 9.17) is 11.6 Å². The third-order valence-corrected chi connectivity index (χ3v) is 4.83. The first kappa shape index (κ1) is 13.2. The standard InChI is InChI=1S/C14H18ClN3S/c1-9-6-11(15)7-12-13(9)18-14(19-12)17-8-10-2-4-16-5-3-10/h6-7,10,16H,2-5,8H2,1H3,(H,17,18). The highest BCUT2D eigenvalue weighted by Gasteiger charge is 2.14. The molecule has 3 rings (SSSR count). The number of anilines is 1. The summed E-state index contributed by atoms with van der Waals surface area (Å²) in [5.41, 5.74) is 2.22. The highest BCUT2D eigenvalue weighted by molar-refractivity contribution is 7.22. The summed E-state index contributed by atoms with van der Waals surface area (Å²) in [6.07, 6.45) is 2.51. The van der Waals surface area contributed by atoms with Gasteiger partial charge < -0.3 is 10.6 Å². The van der Waals surface area contributed by atoms with Gasteiger partial charge in [-0.05, 0) is 56.5 Å². The van der Waals surface area contributed by atoms with Crippen LogP contribution >= 0.6 is 22.9 Å². The van der Waals surface area contributed by atoms with Crippen LogP contribution in [0.2, 0.25) is 5.02 Å². The Morgan fingerprint density at radius 2 is 2.21 bits per heavy atom. The van der Waals surface area contributed by atoms with E-state index in [1.54, 1.807) is 11.3 Å². The first-order valence-electron chi connectivity index (χ1n) is 6.73. The Hall–Kier alpha value is -0.840. The lowest BCUT2D eigenvalue weighted by molar-refractivity contribution is 0.390. The minimum absolute atomic E-state index is 0.762. The number of benzene rings is 1. The number of rotatable bonds is 3. The van der Waals surface area contributed by atoms with Gasteiger partial charge >= 0.3 is 0 Å². The molecule has 2 aromatic rings. The first-order chi connectivity index (χ1) is 9.22. The molecule has 2 heterocycles. The molecule has 0 atom stereocenters. The van der Waals surface area contributed by atoms with Gasteiger partial charge in [0.25, 0.3) is 0 Å². The number of hydrogen-bond acceptors (Lipinski definition) is 4. The van der Waals surface area contributed by atoms with E-state index >= 15 is 0 Å². The van der Waals surface area contributed by atoms with Crippen molar-refractivity contribution in [3.63, 3.8) is 0 Å². The Balaban J connectivity index is 1.72. The van der Waals surface area contributed by atoms with E-state index in [-0.39, 0.29) is 0 Å². The van der Waals surface area contributed by atoms with Gasteiger partial charge in [-0.1, -0.05) is 22.9 Å². The molecule has 1 saturated heterocycles. The predicted molar refractivity (Wildman–Crippen MR) is 83.5 cm³/mol. The van der Waals surface area contributed by atoms with E-state index in [1.165, 1.54) is 12.8 Å². The number of hydrogen-bond donors (Lipinski definition) is 2. The number of halogens is 1. The van der Waals surface area contributed by atoms with Crippen LogP contribution < -0.4 is 10.6 Å². The van der Waals surface area contributed by atoms with E-state index in [1.807, 2.05) is 12.1 Å². The molecule has 0 bridgehead atoms. The van der Waals surface area contributed by atoms with E-state index in [2.05, 4.69) is 22.5 Å². The zero-order chi connectivity index (χ0) is 13.2. The fourth-order valence-electron chi connectivity index (χ4n) is 2.55. The maximum absolute atomic E-state index is 6.08. The summed E-state index contributed by atoms with van der Waals surface area (Å²) < 4.78 is 1.16. The molecule has 2 N–H and O–H groups in total.